The second-order valence-electron chi connectivity index (χ2n) is 5.21. The molecule has 2 rings (SSSR count). The number of nitrogens with two attached hydrogens (primary N) is 1. The summed E-state index contributed by atoms with van der Waals surface area (Å²) in [6, 6.07) is 0. The summed E-state index contributed by atoms with van der Waals surface area (Å²) >= 11 is 5.11. The first-order valence-electron chi connectivity index (χ1n) is 6.29. The van der Waals surface area contributed by atoms with E-state index in [1.807, 2.05) is 7.05 Å². The van der Waals surface area contributed by atoms with Gasteiger partial charge in [0.1, 0.15) is 4.90 Å². The summed E-state index contributed by atoms with van der Waals surface area (Å²) < 4.78 is 27.6. The molecule has 0 amide bonds. The molecule has 0 radical (unpaired) electrons. The van der Waals surface area contributed by atoms with Crippen molar-refractivity contribution in [2.24, 2.45) is 5.73 Å². The fourth-order valence-electron chi connectivity index (χ4n) is 2.32. The van der Waals surface area contributed by atoms with E-state index in [1.54, 1.807) is 6.92 Å². The highest BCUT2D eigenvalue weighted by atomic mass is 32.2. The number of aryl methyl sites for hydroxylation is 1. The third kappa shape index (κ3) is 2.85. The van der Waals surface area contributed by atoms with Crippen LogP contribution < -0.4 is 10.5 Å². The quantitative estimate of drug-likeness (QED) is 0.661. The summed E-state index contributed by atoms with van der Waals surface area (Å²) in [7, 11) is -1.71. The van der Waals surface area contributed by atoms with E-state index in [0.717, 1.165) is 13.1 Å². The van der Waals surface area contributed by atoms with Gasteiger partial charge in [-0.05, 0) is 26.8 Å². The highest BCUT2D eigenvalue weighted by Crippen LogP contribution is 2.25. The molecule has 0 atom stereocenters. The largest absolute Gasteiger partial charge is 0.392 e. The lowest BCUT2D eigenvalue weighted by atomic mass is 9.89. The maximum atomic E-state index is 12.5. The Morgan fingerprint density at radius 3 is 2.60 bits per heavy atom. The third-order valence-electron chi connectivity index (χ3n) is 3.72. The minimum absolute atomic E-state index is 0.132. The van der Waals surface area contributed by atoms with Crippen molar-refractivity contribution < 1.29 is 8.42 Å². The number of thiocarbonyl (C=S) groups is 1. The highest BCUT2D eigenvalue weighted by Gasteiger charge is 2.40. The molecule has 0 aromatic carbocycles. The highest BCUT2D eigenvalue weighted by molar-refractivity contribution is 7.89. The predicted molar refractivity (Wildman–Crippen MR) is 79.9 cm³/mol. The van der Waals surface area contributed by atoms with Crippen molar-refractivity contribution in [1.82, 2.24) is 19.8 Å². The molecule has 1 aliphatic heterocycles. The fraction of sp³-hybridized carbons (Fsp3) is 0.636. The van der Waals surface area contributed by atoms with Crippen molar-refractivity contribution in [3.05, 3.63) is 11.9 Å². The number of nitrogens with zero attached hydrogens (tertiary/aromatic N) is 2. The SMILES string of the molecule is Cc1[nH]ncc1S(=O)(=O)NC1(C(N)=S)CCN(C)CC1. The first-order valence-corrected chi connectivity index (χ1v) is 8.18. The zero-order valence-corrected chi connectivity index (χ0v) is 13.1. The molecule has 9 heteroatoms. The number of piperidine rings is 1. The van der Waals surface area contributed by atoms with E-state index in [1.165, 1.54) is 6.20 Å². The van der Waals surface area contributed by atoms with Crippen LogP contribution in [0.15, 0.2) is 11.1 Å². The van der Waals surface area contributed by atoms with Gasteiger partial charge in [0.05, 0.1) is 22.4 Å². The monoisotopic (exact) mass is 317 g/mol. The molecule has 7 nitrogen and oxygen atoms in total. The van der Waals surface area contributed by atoms with Gasteiger partial charge in [0, 0.05) is 13.1 Å². The van der Waals surface area contributed by atoms with Gasteiger partial charge in [-0.2, -0.15) is 9.82 Å². The number of H-pyrrole nitrogens is 1. The zero-order chi connectivity index (χ0) is 15.0. The topological polar surface area (TPSA) is 104 Å². The van der Waals surface area contributed by atoms with E-state index in [4.69, 9.17) is 18.0 Å². The van der Waals surface area contributed by atoms with Gasteiger partial charge in [0.15, 0.2) is 0 Å². The number of hydrogen-bond donors (Lipinski definition) is 3. The molecule has 0 unspecified atom stereocenters. The molecule has 1 saturated heterocycles. The van der Waals surface area contributed by atoms with Gasteiger partial charge in [-0.1, -0.05) is 12.2 Å². The van der Waals surface area contributed by atoms with E-state index < -0.39 is 15.6 Å². The molecule has 0 bridgehead atoms. The molecular weight excluding hydrogens is 298 g/mol. The van der Waals surface area contributed by atoms with Gasteiger partial charge in [0.2, 0.25) is 10.0 Å². The minimum Gasteiger partial charge on any atom is -0.392 e. The average Bonchev–Trinajstić information content (AvgIpc) is 2.79. The molecule has 0 aliphatic carbocycles. The molecule has 1 aromatic heterocycles. The van der Waals surface area contributed by atoms with E-state index in [0.29, 0.717) is 18.5 Å². The summed E-state index contributed by atoms with van der Waals surface area (Å²) in [6.07, 6.45) is 2.42. The smallest absolute Gasteiger partial charge is 0.244 e. The third-order valence-corrected chi connectivity index (χ3v) is 5.76. The summed E-state index contributed by atoms with van der Waals surface area (Å²) in [5.74, 6) is 0. The zero-order valence-electron chi connectivity index (χ0n) is 11.5. The summed E-state index contributed by atoms with van der Waals surface area (Å²) in [5.41, 5.74) is 5.44. The molecule has 0 saturated carbocycles. The lowest BCUT2D eigenvalue weighted by Crippen LogP contribution is -2.61. The number of hydrogen-bond acceptors (Lipinski definition) is 5. The lowest BCUT2D eigenvalue weighted by molar-refractivity contribution is 0.220. The second-order valence-corrected chi connectivity index (χ2v) is 7.31. The predicted octanol–water partition coefficient (Wildman–Crippen LogP) is -0.253. The summed E-state index contributed by atoms with van der Waals surface area (Å²) in [6.45, 7) is 3.14. The van der Waals surface area contributed by atoms with Crippen molar-refractivity contribution in [3.63, 3.8) is 0 Å². The molecular formula is C11H19N5O2S2. The fourth-order valence-corrected chi connectivity index (χ4v) is 4.22. The van der Waals surface area contributed by atoms with Crippen LogP contribution >= 0.6 is 12.2 Å². The summed E-state index contributed by atoms with van der Waals surface area (Å²) in [5, 5.41) is 6.36. The van der Waals surface area contributed by atoms with Crippen LogP contribution in [0.25, 0.3) is 0 Å². The van der Waals surface area contributed by atoms with Crippen LogP contribution in [0.2, 0.25) is 0 Å². The van der Waals surface area contributed by atoms with Crippen molar-refractivity contribution in [2.75, 3.05) is 20.1 Å². The molecule has 1 aliphatic rings. The Morgan fingerprint density at radius 1 is 1.55 bits per heavy atom. The number of aromatic nitrogens is 2. The first kappa shape index (κ1) is 15.4. The number of sulfonamides is 1. The van der Waals surface area contributed by atoms with Crippen LogP contribution in [-0.2, 0) is 10.0 Å². The molecule has 4 N–H and O–H groups in total. The summed E-state index contributed by atoms with van der Waals surface area (Å²) in [4.78, 5) is 2.44. The van der Waals surface area contributed by atoms with Gasteiger partial charge in [-0.3, -0.25) is 5.10 Å². The Kier molecular flexibility index (Phi) is 4.14. The Labute approximate surface area is 124 Å². The molecule has 112 valence electrons. The van der Waals surface area contributed by atoms with Crippen molar-refractivity contribution in [1.29, 1.82) is 0 Å². The number of rotatable bonds is 4. The number of nitrogens with one attached hydrogen (secondary N) is 2. The van der Waals surface area contributed by atoms with Crippen LogP contribution in [0.1, 0.15) is 18.5 Å². The van der Waals surface area contributed by atoms with Crippen molar-refractivity contribution >= 4 is 27.2 Å². The minimum atomic E-state index is -3.70. The molecule has 1 fully saturated rings. The van der Waals surface area contributed by atoms with E-state index >= 15 is 0 Å². The van der Waals surface area contributed by atoms with E-state index in [9.17, 15) is 8.42 Å². The van der Waals surface area contributed by atoms with Crippen molar-refractivity contribution in [3.8, 4) is 0 Å². The van der Waals surface area contributed by atoms with E-state index in [2.05, 4.69) is 19.8 Å². The van der Waals surface area contributed by atoms with Gasteiger partial charge in [-0.25, -0.2) is 8.42 Å². The van der Waals surface area contributed by atoms with Gasteiger partial charge in [-0.15, -0.1) is 0 Å². The Morgan fingerprint density at radius 2 is 2.15 bits per heavy atom. The molecule has 1 aromatic rings. The van der Waals surface area contributed by atoms with Crippen LogP contribution in [0.4, 0.5) is 0 Å². The standard InChI is InChI=1S/C11H19N5O2S2/c1-8-9(7-13-14-8)20(17,18)15-11(10(12)19)3-5-16(2)6-4-11/h7,15H,3-6H2,1-2H3,(H2,12,19)(H,13,14). The lowest BCUT2D eigenvalue weighted by Gasteiger charge is -2.40. The van der Waals surface area contributed by atoms with E-state index in [-0.39, 0.29) is 9.88 Å². The second kappa shape index (κ2) is 5.40. The van der Waals surface area contributed by atoms with Crippen LogP contribution in [0.5, 0.6) is 0 Å². The first-order chi connectivity index (χ1) is 9.27. The Balaban J connectivity index is 2.30. The van der Waals surface area contributed by atoms with Crippen molar-refractivity contribution in [2.45, 2.75) is 30.2 Å². The Hall–Kier alpha value is -1.03. The van der Waals surface area contributed by atoms with Crippen LogP contribution in [0, 0.1) is 6.92 Å². The van der Waals surface area contributed by atoms with Gasteiger partial charge in [0.25, 0.3) is 0 Å². The normalized spacial score (nSPS) is 19.9. The Bertz CT molecular complexity index is 602. The number of aromatic amines is 1. The number of likely N-dealkylation sites (tertiary alicyclic amines) is 1. The molecule has 20 heavy (non-hydrogen) atoms. The van der Waals surface area contributed by atoms with Crippen LogP contribution in [-0.4, -0.2) is 54.2 Å². The maximum absolute atomic E-state index is 12.5. The van der Waals surface area contributed by atoms with Gasteiger partial charge < -0.3 is 10.6 Å². The van der Waals surface area contributed by atoms with Crippen LogP contribution in [0.3, 0.4) is 0 Å². The molecule has 2 heterocycles. The van der Waals surface area contributed by atoms with Gasteiger partial charge >= 0.3 is 0 Å². The average molecular weight is 317 g/mol. The maximum Gasteiger partial charge on any atom is 0.244 e. The molecule has 0 spiro atoms.